The van der Waals surface area contributed by atoms with Gasteiger partial charge in [-0.15, -0.1) is 0 Å². The van der Waals surface area contributed by atoms with Crippen LogP contribution in [-0.4, -0.2) is 43.6 Å². The van der Waals surface area contributed by atoms with Gasteiger partial charge in [0.1, 0.15) is 16.5 Å². The van der Waals surface area contributed by atoms with Crippen molar-refractivity contribution in [1.82, 2.24) is 4.31 Å². The molecule has 0 amide bonds. The highest BCUT2D eigenvalue weighted by molar-refractivity contribution is 7.89. The lowest BCUT2D eigenvalue weighted by molar-refractivity contribution is 0.168. The van der Waals surface area contributed by atoms with Crippen LogP contribution < -0.4 is 5.73 Å². The van der Waals surface area contributed by atoms with Crippen molar-refractivity contribution in [3.8, 4) is 0 Å². The lowest BCUT2D eigenvalue weighted by atomic mass is 10.1. The average Bonchev–Trinajstić information content (AvgIpc) is 2.49. The molecule has 0 aliphatic heterocycles. The van der Waals surface area contributed by atoms with Gasteiger partial charge in [-0.3, -0.25) is 0 Å². The minimum Gasteiger partial charge on any atom is -0.395 e. The first kappa shape index (κ1) is 21.0. The normalized spacial score (nSPS) is 13.7. The molecule has 1 atom stereocenters. The molecule has 0 unspecified atom stereocenters. The maximum atomic E-state index is 14.0. The highest BCUT2D eigenvalue weighted by Gasteiger charge is 2.33. The van der Waals surface area contributed by atoms with Crippen molar-refractivity contribution in [3.05, 3.63) is 29.8 Å². The Labute approximate surface area is 142 Å². The summed E-state index contributed by atoms with van der Waals surface area (Å²) in [5, 5.41) is 9.64. The van der Waals surface area contributed by atoms with Gasteiger partial charge in [0.15, 0.2) is 0 Å². The summed E-state index contributed by atoms with van der Waals surface area (Å²) in [5.74, 6) is -2.00. The van der Waals surface area contributed by atoms with Gasteiger partial charge < -0.3 is 10.8 Å². The van der Waals surface area contributed by atoms with Crippen molar-refractivity contribution in [2.75, 3.05) is 19.7 Å². The van der Waals surface area contributed by atoms with Gasteiger partial charge in [0, 0.05) is 18.7 Å². The summed E-state index contributed by atoms with van der Waals surface area (Å²) in [7, 11) is -4.19. The van der Waals surface area contributed by atoms with E-state index in [0.29, 0.717) is 31.9 Å². The fourth-order valence-electron chi connectivity index (χ4n) is 2.46. The molecule has 0 bridgehead atoms. The Hall–Kier alpha value is -1.09. The first-order valence-electron chi connectivity index (χ1n) is 8.01. The molecule has 138 valence electrons. The van der Waals surface area contributed by atoms with Gasteiger partial charge in [-0.25, -0.2) is 17.2 Å². The number of rotatable bonds is 10. The number of halogens is 2. The summed E-state index contributed by atoms with van der Waals surface area (Å²) in [6.45, 7) is 3.89. The first-order chi connectivity index (χ1) is 11.2. The average molecular weight is 364 g/mol. The molecule has 0 aromatic heterocycles. The zero-order valence-corrected chi connectivity index (χ0v) is 14.9. The maximum Gasteiger partial charge on any atom is 0.246 e. The van der Waals surface area contributed by atoms with E-state index in [1.54, 1.807) is 0 Å². The van der Waals surface area contributed by atoms with E-state index in [4.69, 9.17) is 5.73 Å². The predicted molar refractivity (Wildman–Crippen MR) is 88.9 cm³/mol. The molecule has 5 nitrogen and oxygen atoms in total. The molecule has 0 aliphatic carbocycles. The summed E-state index contributed by atoms with van der Waals surface area (Å²) in [6.07, 6.45) is 1.77. The van der Waals surface area contributed by atoms with Gasteiger partial charge in [-0.05, 0) is 37.4 Å². The van der Waals surface area contributed by atoms with Crippen LogP contribution in [0.3, 0.4) is 0 Å². The minimum absolute atomic E-state index is 0.0214. The first-order valence-corrected chi connectivity index (χ1v) is 9.45. The Morgan fingerprint density at radius 2 is 1.92 bits per heavy atom. The van der Waals surface area contributed by atoms with E-state index >= 15 is 0 Å². The van der Waals surface area contributed by atoms with Gasteiger partial charge >= 0.3 is 0 Å². The third-order valence-corrected chi connectivity index (χ3v) is 5.59. The van der Waals surface area contributed by atoms with Crippen molar-refractivity contribution in [2.45, 2.75) is 44.0 Å². The summed E-state index contributed by atoms with van der Waals surface area (Å²) < 4.78 is 53.9. The number of aliphatic hydroxyl groups is 1. The molecule has 24 heavy (non-hydrogen) atoms. The van der Waals surface area contributed by atoms with Crippen molar-refractivity contribution >= 4 is 10.0 Å². The summed E-state index contributed by atoms with van der Waals surface area (Å²) in [6, 6.07) is 1.70. The summed E-state index contributed by atoms with van der Waals surface area (Å²) >= 11 is 0. The van der Waals surface area contributed by atoms with E-state index in [1.807, 2.05) is 13.8 Å². The van der Waals surface area contributed by atoms with Crippen LogP contribution in [0.1, 0.15) is 33.1 Å². The molecule has 0 saturated heterocycles. The van der Waals surface area contributed by atoms with Crippen LogP contribution >= 0.6 is 0 Å². The second-order valence-corrected chi connectivity index (χ2v) is 8.02. The fourth-order valence-corrected chi connectivity index (χ4v) is 4.32. The smallest absolute Gasteiger partial charge is 0.246 e. The number of nitrogens with two attached hydrogens (primary N) is 1. The van der Waals surface area contributed by atoms with Gasteiger partial charge in [-0.2, -0.15) is 4.31 Å². The van der Waals surface area contributed by atoms with Crippen LogP contribution in [0.15, 0.2) is 23.1 Å². The number of hydrogen-bond acceptors (Lipinski definition) is 4. The third kappa shape index (κ3) is 5.47. The highest BCUT2D eigenvalue weighted by atomic mass is 32.2. The second kappa shape index (κ2) is 9.41. The Morgan fingerprint density at radius 3 is 2.42 bits per heavy atom. The van der Waals surface area contributed by atoms with Crippen molar-refractivity contribution in [2.24, 2.45) is 11.7 Å². The van der Waals surface area contributed by atoms with E-state index in [1.165, 1.54) is 0 Å². The molecule has 0 aliphatic rings. The van der Waals surface area contributed by atoms with Crippen molar-refractivity contribution in [1.29, 1.82) is 0 Å². The predicted octanol–water partition coefficient (Wildman–Crippen LogP) is 2.10. The van der Waals surface area contributed by atoms with Gasteiger partial charge in [0.25, 0.3) is 0 Å². The number of hydrogen-bond donors (Lipinski definition) is 2. The molecule has 1 aromatic rings. The Bertz CT molecular complexity index is 624. The number of nitrogens with zero attached hydrogens (tertiary/aromatic N) is 1. The largest absolute Gasteiger partial charge is 0.395 e. The molecule has 1 rings (SSSR count). The fraction of sp³-hybridized carbons (Fsp3) is 0.625. The van der Waals surface area contributed by atoms with Crippen molar-refractivity contribution < 1.29 is 22.3 Å². The van der Waals surface area contributed by atoms with Crippen LogP contribution in [0, 0.1) is 17.6 Å². The number of aliphatic hydroxyl groups excluding tert-OH is 1. The van der Waals surface area contributed by atoms with E-state index < -0.39 is 32.6 Å². The van der Waals surface area contributed by atoms with Crippen LogP contribution in [0.5, 0.6) is 0 Å². The highest BCUT2D eigenvalue weighted by Crippen LogP contribution is 2.25. The van der Waals surface area contributed by atoms with Crippen molar-refractivity contribution in [3.63, 3.8) is 0 Å². The van der Waals surface area contributed by atoms with Crippen LogP contribution in [0.25, 0.3) is 0 Å². The molecular weight excluding hydrogens is 338 g/mol. The maximum absolute atomic E-state index is 14.0. The van der Waals surface area contributed by atoms with Gasteiger partial charge in [0.2, 0.25) is 10.0 Å². The number of sulfonamides is 1. The topological polar surface area (TPSA) is 83.6 Å². The van der Waals surface area contributed by atoms with E-state index in [-0.39, 0.29) is 19.1 Å². The molecular formula is C16H26F2N2O3S. The monoisotopic (exact) mass is 364 g/mol. The Kier molecular flexibility index (Phi) is 8.21. The molecule has 0 spiro atoms. The lowest BCUT2D eigenvalue weighted by Gasteiger charge is -2.31. The van der Waals surface area contributed by atoms with Crippen LogP contribution in [-0.2, 0) is 10.0 Å². The Morgan fingerprint density at radius 1 is 1.25 bits per heavy atom. The molecule has 8 heteroatoms. The molecule has 3 N–H and O–H groups in total. The van der Waals surface area contributed by atoms with E-state index in [0.717, 1.165) is 16.4 Å². The standard InChI is InChI=1S/C16H26F2N2O3S/c1-12(2)10-20(14(11-21)5-3-4-8-19)24(22,23)16-7-6-13(17)9-15(16)18/h6-7,9,12,14,21H,3-5,8,10-11,19H2,1-2H3/t14-/m0/s1. The number of unbranched alkanes of at least 4 members (excludes halogenated alkanes) is 1. The van der Waals surface area contributed by atoms with E-state index in [2.05, 4.69) is 0 Å². The zero-order chi connectivity index (χ0) is 18.3. The summed E-state index contributed by atoms with van der Waals surface area (Å²) in [5.41, 5.74) is 5.44. The minimum atomic E-state index is -4.19. The Balaban J connectivity index is 3.20. The molecule has 1 aromatic carbocycles. The van der Waals surface area contributed by atoms with Gasteiger partial charge in [-0.1, -0.05) is 20.3 Å². The molecule has 0 saturated carbocycles. The second-order valence-electron chi connectivity index (χ2n) is 6.16. The van der Waals surface area contributed by atoms with Gasteiger partial charge in [0.05, 0.1) is 6.61 Å². The van der Waals surface area contributed by atoms with Crippen LogP contribution in [0.2, 0.25) is 0 Å². The molecule has 0 heterocycles. The lowest BCUT2D eigenvalue weighted by Crippen LogP contribution is -2.44. The summed E-state index contributed by atoms with van der Waals surface area (Å²) in [4.78, 5) is -0.582. The third-order valence-electron chi connectivity index (χ3n) is 3.64. The van der Waals surface area contributed by atoms with Crippen LogP contribution in [0.4, 0.5) is 8.78 Å². The van der Waals surface area contributed by atoms with E-state index in [9.17, 15) is 22.3 Å². The quantitative estimate of drug-likeness (QED) is 0.623. The molecule has 0 radical (unpaired) electrons. The number of benzene rings is 1. The zero-order valence-electron chi connectivity index (χ0n) is 14.1. The SMILES string of the molecule is CC(C)CN([C@H](CO)CCCCN)S(=O)(=O)c1ccc(F)cc1F. The molecule has 0 fully saturated rings.